The maximum absolute atomic E-state index is 6.13. The third kappa shape index (κ3) is 3.43. The molecule has 0 aliphatic rings. The van der Waals surface area contributed by atoms with Crippen LogP contribution in [0, 0.1) is 6.92 Å². The van der Waals surface area contributed by atoms with Crippen LogP contribution in [0.1, 0.15) is 30.4 Å². The Balaban J connectivity index is 2.97. The summed E-state index contributed by atoms with van der Waals surface area (Å²) in [6, 6.07) is 0. The molecule has 1 heterocycles. The number of rotatable bonds is 4. The number of hydrogen-bond donors (Lipinski definition) is 0. The van der Waals surface area contributed by atoms with Gasteiger partial charge in [-0.3, -0.25) is 0 Å². The van der Waals surface area contributed by atoms with Gasteiger partial charge in [0.2, 0.25) is 0 Å². The van der Waals surface area contributed by atoms with Crippen LogP contribution < -0.4 is 0 Å². The van der Waals surface area contributed by atoms with Gasteiger partial charge in [0.15, 0.2) is 0 Å². The highest BCUT2D eigenvalue weighted by Gasteiger charge is 2.09. The molecular formula is C11H18ClN3. The van der Waals surface area contributed by atoms with Gasteiger partial charge in [-0.2, -0.15) is 0 Å². The van der Waals surface area contributed by atoms with Crippen LogP contribution in [0.4, 0.5) is 0 Å². The smallest absolute Gasteiger partial charge is 0.144 e. The van der Waals surface area contributed by atoms with Crippen molar-refractivity contribution in [3.05, 3.63) is 22.2 Å². The Morgan fingerprint density at radius 3 is 2.40 bits per heavy atom. The molecule has 0 bridgehead atoms. The monoisotopic (exact) mass is 227 g/mol. The van der Waals surface area contributed by atoms with Crippen LogP contribution in [0.5, 0.6) is 0 Å². The third-order valence-corrected chi connectivity index (χ3v) is 2.48. The van der Waals surface area contributed by atoms with Crippen molar-refractivity contribution in [2.75, 3.05) is 14.1 Å². The van der Waals surface area contributed by atoms with Crippen molar-refractivity contribution in [1.82, 2.24) is 14.9 Å². The average Bonchev–Trinajstić information content (AvgIpc) is 2.10. The molecule has 0 radical (unpaired) electrons. The standard InChI is InChI=1S/C11H18ClN3/c1-5-6-9-8(2)13-10(7-15(3)4)14-11(9)12/h5-7H2,1-4H3. The van der Waals surface area contributed by atoms with E-state index in [0.29, 0.717) is 5.15 Å². The summed E-state index contributed by atoms with van der Waals surface area (Å²) in [7, 11) is 3.99. The van der Waals surface area contributed by atoms with E-state index in [1.807, 2.05) is 25.9 Å². The summed E-state index contributed by atoms with van der Waals surface area (Å²) in [6.07, 6.45) is 2.02. The largest absolute Gasteiger partial charge is 0.302 e. The van der Waals surface area contributed by atoms with Gasteiger partial charge in [0, 0.05) is 11.3 Å². The second-order valence-electron chi connectivity index (χ2n) is 3.98. The maximum atomic E-state index is 6.13. The fraction of sp³-hybridized carbons (Fsp3) is 0.636. The molecule has 0 fully saturated rings. The summed E-state index contributed by atoms with van der Waals surface area (Å²) < 4.78 is 0. The van der Waals surface area contributed by atoms with Crippen molar-refractivity contribution < 1.29 is 0 Å². The Hall–Kier alpha value is -0.670. The molecule has 4 heteroatoms. The number of halogens is 1. The molecule has 0 spiro atoms. The lowest BCUT2D eigenvalue weighted by Crippen LogP contribution is -2.14. The summed E-state index contributed by atoms with van der Waals surface area (Å²) in [5.74, 6) is 0.794. The van der Waals surface area contributed by atoms with Gasteiger partial charge in [-0.05, 0) is 27.4 Å². The summed E-state index contributed by atoms with van der Waals surface area (Å²) in [6.45, 7) is 4.86. The molecule has 1 aromatic rings. The molecule has 0 unspecified atom stereocenters. The average molecular weight is 228 g/mol. The second-order valence-corrected chi connectivity index (χ2v) is 4.34. The SMILES string of the molecule is CCCc1c(C)nc(CN(C)C)nc1Cl. The fourth-order valence-electron chi connectivity index (χ4n) is 1.50. The number of aryl methyl sites for hydroxylation is 1. The van der Waals surface area contributed by atoms with Crippen molar-refractivity contribution in [3.8, 4) is 0 Å². The predicted molar refractivity (Wildman–Crippen MR) is 63.2 cm³/mol. The van der Waals surface area contributed by atoms with Crippen LogP contribution in [0.25, 0.3) is 0 Å². The first kappa shape index (κ1) is 12.4. The van der Waals surface area contributed by atoms with E-state index in [1.54, 1.807) is 0 Å². The first-order chi connectivity index (χ1) is 7.04. The van der Waals surface area contributed by atoms with Crippen LogP contribution in [0.3, 0.4) is 0 Å². The maximum Gasteiger partial charge on any atom is 0.144 e. The van der Waals surface area contributed by atoms with E-state index in [0.717, 1.165) is 36.5 Å². The fourth-order valence-corrected chi connectivity index (χ4v) is 1.83. The van der Waals surface area contributed by atoms with Crippen LogP contribution in [-0.4, -0.2) is 29.0 Å². The van der Waals surface area contributed by atoms with E-state index >= 15 is 0 Å². The molecule has 0 amide bonds. The lowest BCUT2D eigenvalue weighted by Gasteiger charge is -2.11. The normalized spacial score (nSPS) is 11.1. The van der Waals surface area contributed by atoms with Gasteiger partial charge in [-0.15, -0.1) is 0 Å². The van der Waals surface area contributed by atoms with E-state index in [9.17, 15) is 0 Å². The lowest BCUT2D eigenvalue weighted by molar-refractivity contribution is 0.389. The predicted octanol–water partition coefficient (Wildman–Crippen LogP) is 2.45. The minimum absolute atomic E-state index is 0.612. The van der Waals surface area contributed by atoms with E-state index in [4.69, 9.17) is 11.6 Å². The van der Waals surface area contributed by atoms with Crippen molar-refractivity contribution in [2.24, 2.45) is 0 Å². The summed E-state index contributed by atoms with van der Waals surface area (Å²) >= 11 is 6.13. The van der Waals surface area contributed by atoms with Gasteiger partial charge in [0.05, 0.1) is 6.54 Å². The van der Waals surface area contributed by atoms with Crippen molar-refractivity contribution in [2.45, 2.75) is 33.2 Å². The molecule has 3 nitrogen and oxygen atoms in total. The third-order valence-electron chi connectivity index (χ3n) is 2.17. The minimum Gasteiger partial charge on any atom is -0.302 e. The summed E-state index contributed by atoms with van der Waals surface area (Å²) in [5.41, 5.74) is 2.09. The van der Waals surface area contributed by atoms with Crippen LogP contribution in [-0.2, 0) is 13.0 Å². The Morgan fingerprint density at radius 1 is 1.27 bits per heavy atom. The van der Waals surface area contributed by atoms with Gasteiger partial charge in [-0.25, -0.2) is 9.97 Å². The Kier molecular flexibility index (Phi) is 4.48. The highest BCUT2D eigenvalue weighted by molar-refractivity contribution is 6.30. The van der Waals surface area contributed by atoms with Crippen LogP contribution >= 0.6 is 11.6 Å². The van der Waals surface area contributed by atoms with Crippen molar-refractivity contribution in [1.29, 1.82) is 0 Å². The van der Waals surface area contributed by atoms with E-state index in [2.05, 4.69) is 16.9 Å². The molecule has 0 atom stereocenters. The van der Waals surface area contributed by atoms with Gasteiger partial charge < -0.3 is 4.90 Å². The van der Waals surface area contributed by atoms with Gasteiger partial charge in [-0.1, -0.05) is 24.9 Å². The molecule has 0 aliphatic carbocycles. The van der Waals surface area contributed by atoms with Crippen LogP contribution in [0.2, 0.25) is 5.15 Å². The molecular weight excluding hydrogens is 210 g/mol. The number of hydrogen-bond acceptors (Lipinski definition) is 3. The first-order valence-corrected chi connectivity index (χ1v) is 5.59. The quantitative estimate of drug-likeness (QED) is 0.740. The molecule has 84 valence electrons. The highest BCUT2D eigenvalue weighted by Crippen LogP contribution is 2.18. The molecule has 0 aliphatic heterocycles. The van der Waals surface area contributed by atoms with Gasteiger partial charge >= 0.3 is 0 Å². The molecule has 0 aromatic carbocycles. The van der Waals surface area contributed by atoms with E-state index in [1.165, 1.54) is 0 Å². The Labute approximate surface area is 96.5 Å². The van der Waals surface area contributed by atoms with Crippen molar-refractivity contribution >= 4 is 11.6 Å². The zero-order valence-corrected chi connectivity index (χ0v) is 10.6. The molecule has 0 saturated heterocycles. The van der Waals surface area contributed by atoms with Crippen LogP contribution in [0.15, 0.2) is 0 Å². The van der Waals surface area contributed by atoms with Gasteiger partial charge in [0.1, 0.15) is 11.0 Å². The molecule has 1 rings (SSSR count). The van der Waals surface area contributed by atoms with Crippen molar-refractivity contribution in [3.63, 3.8) is 0 Å². The minimum atomic E-state index is 0.612. The summed E-state index contributed by atoms with van der Waals surface area (Å²) in [4.78, 5) is 10.8. The van der Waals surface area contributed by atoms with Gasteiger partial charge in [0.25, 0.3) is 0 Å². The molecule has 1 aromatic heterocycles. The molecule has 0 N–H and O–H groups in total. The topological polar surface area (TPSA) is 29.0 Å². The highest BCUT2D eigenvalue weighted by atomic mass is 35.5. The Morgan fingerprint density at radius 2 is 1.93 bits per heavy atom. The molecule has 15 heavy (non-hydrogen) atoms. The Bertz CT molecular complexity index is 314. The first-order valence-electron chi connectivity index (χ1n) is 5.21. The zero-order valence-electron chi connectivity index (χ0n) is 9.84. The molecule has 0 saturated carbocycles. The number of aromatic nitrogens is 2. The second kappa shape index (κ2) is 5.42. The lowest BCUT2D eigenvalue weighted by atomic mass is 10.1. The number of nitrogens with zero attached hydrogens (tertiary/aromatic N) is 3. The van der Waals surface area contributed by atoms with E-state index < -0.39 is 0 Å². The zero-order chi connectivity index (χ0) is 11.4. The summed E-state index contributed by atoms with van der Waals surface area (Å²) in [5, 5.41) is 0.612. The van der Waals surface area contributed by atoms with E-state index in [-0.39, 0.29) is 0 Å².